The van der Waals surface area contributed by atoms with Crippen molar-refractivity contribution in [2.45, 2.75) is 11.5 Å². The summed E-state index contributed by atoms with van der Waals surface area (Å²) in [6.45, 7) is 0. The van der Waals surface area contributed by atoms with Crippen molar-refractivity contribution >= 4 is 9.84 Å². The molecule has 2 aromatic rings. The highest BCUT2D eigenvalue weighted by atomic mass is 32.2. The molecule has 0 bridgehead atoms. The van der Waals surface area contributed by atoms with Crippen LogP contribution in [-0.4, -0.2) is 8.42 Å². The van der Waals surface area contributed by atoms with Crippen LogP contribution in [0.25, 0.3) is 0 Å². The van der Waals surface area contributed by atoms with Crippen LogP contribution in [0, 0.1) is 17.1 Å². The van der Waals surface area contributed by atoms with E-state index in [0.29, 0.717) is 11.1 Å². The van der Waals surface area contributed by atoms with Crippen LogP contribution in [0.3, 0.4) is 0 Å². The molecule has 0 saturated heterocycles. The van der Waals surface area contributed by atoms with Crippen LogP contribution in [0.5, 0.6) is 0 Å². The Balaban J connectivity index is 2.19. The Kier molecular flexibility index (Phi) is 4.16. The summed E-state index contributed by atoms with van der Waals surface area (Å²) in [5, 5.41) is 8.74. The lowest BCUT2D eigenvalue weighted by Crippen LogP contribution is -2.08. The second-order valence-electron chi connectivity index (χ2n) is 4.44. The molecule has 0 fully saturated rings. The van der Waals surface area contributed by atoms with Gasteiger partial charge in [0.2, 0.25) is 0 Å². The van der Waals surface area contributed by atoms with Crippen molar-refractivity contribution in [1.82, 2.24) is 0 Å². The van der Waals surface area contributed by atoms with E-state index in [1.54, 1.807) is 30.3 Å². The van der Waals surface area contributed by atoms with Gasteiger partial charge in [-0.05, 0) is 23.3 Å². The summed E-state index contributed by atoms with van der Waals surface area (Å²) < 4.78 is 37.3. The lowest BCUT2D eigenvalue weighted by atomic mass is 10.1. The molecule has 20 heavy (non-hydrogen) atoms. The van der Waals surface area contributed by atoms with Crippen LogP contribution >= 0.6 is 0 Å². The maximum atomic E-state index is 13.2. The molecular formula is C15H12FNO2S. The highest BCUT2D eigenvalue weighted by Crippen LogP contribution is 2.15. The molecule has 0 amide bonds. The van der Waals surface area contributed by atoms with Gasteiger partial charge in [-0.15, -0.1) is 0 Å². The summed E-state index contributed by atoms with van der Waals surface area (Å²) >= 11 is 0. The van der Waals surface area contributed by atoms with Crippen LogP contribution in [-0.2, 0) is 21.3 Å². The summed E-state index contributed by atoms with van der Waals surface area (Å²) in [6, 6.07) is 14.3. The van der Waals surface area contributed by atoms with E-state index >= 15 is 0 Å². The number of benzene rings is 2. The minimum Gasteiger partial charge on any atom is -0.228 e. The predicted molar refractivity (Wildman–Crippen MR) is 73.9 cm³/mol. The zero-order valence-electron chi connectivity index (χ0n) is 10.6. The number of nitrogens with zero attached hydrogens (tertiary/aromatic N) is 1. The van der Waals surface area contributed by atoms with Crippen LogP contribution in [0.15, 0.2) is 48.5 Å². The van der Waals surface area contributed by atoms with E-state index in [0.717, 1.165) is 6.07 Å². The number of hydrogen-bond donors (Lipinski definition) is 0. The maximum absolute atomic E-state index is 13.2. The Morgan fingerprint density at radius 3 is 2.30 bits per heavy atom. The maximum Gasteiger partial charge on any atom is 0.158 e. The first-order valence-corrected chi connectivity index (χ1v) is 7.75. The quantitative estimate of drug-likeness (QED) is 0.869. The van der Waals surface area contributed by atoms with Gasteiger partial charge in [0.1, 0.15) is 11.9 Å². The van der Waals surface area contributed by atoms with Crippen molar-refractivity contribution in [3.63, 3.8) is 0 Å². The van der Waals surface area contributed by atoms with Gasteiger partial charge in [-0.2, -0.15) is 5.26 Å². The third-order valence-electron chi connectivity index (χ3n) is 2.77. The Morgan fingerprint density at radius 1 is 1.00 bits per heavy atom. The van der Waals surface area contributed by atoms with Gasteiger partial charge < -0.3 is 0 Å². The fourth-order valence-electron chi connectivity index (χ4n) is 1.88. The molecule has 0 aliphatic carbocycles. The first-order chi connectivity index (χ1) is 9.50. The average Bonchev–Trinajstić information content (AvgIpc) is 2.41. The van der Waals surface area contributed by atoms with Gasteiger partial charge in [0, 0.05) is 0 Å². The van der Waals surface area contributed by atoms with Crippen LogP contribution in [0.1, 0.15) is 16.7 Å². The molecule has 0 aliphatic rings. The zero-order valence-corrected chi connectivity index (χ0v) is 11.4. The van der Waals surface area contributed by atoms with Crippen molar-refractivity contribution in [1.29, 1.82) is 5.26 Å². The van der Waals surface area contributed by atoms with Crippen LogP contribution < -0.4 is 0 Å². The molecule has 5 heteroatoms. The third-order valence-corrected chi connectivity index (χ3v) is 4.31. The van der Waals surface area contributed by atoms with E-state index in [2.05, 4.69) is 0 Å². The molecule has 0 heterocycles. The van der Waals surface area contributed by atoms with Crippen LogP contribution in [0.4, 0.5) is 4.39 Å². The monoisotopic (exact) mass is 289 g/mol. The summed E-state index contributed by atoms with van der Waals surface area (Å²) in [7, 11) is -3.36. The smallest absolute Gasteiger partial charge is 0.158 e. The fraction of sp³-hybridized carbons (Fsp3) is 0.133. The molecule has 2 aromatic carbocycles. The Morgan fingerprint density at radius 2 is 1.65 bits per heavy atom. The SMILES string of the molecule is N#Cc1cc(CS(=O)(=O)Cc2ccccc2)ccc1F. The largest absolute Gasteiger partial charge is 0.228 e. The molecule has 0 aromatic heterocycles. The molecule has 0 radical (unpaired) electrons. The van der Waals surface area contributed by atoms with Gasteiger partial charge in [0.05, 0.1) is 17.1 Å². The predicted octanol–water partition coefficient (Wildman–Crippen LogP) is 2.81. The number of hydrogen-bond acceptors (Lipinski definition) is 3. The minimum atomic E-state index is -3.36. The van der Waals surface area contributed by atoms with Crippen molar-refractivity contribution in [2.75, 3.05) is 0 Å². The minimum absolute atomic E-state index is 0.0763. The zero-order chi connectivity index (χ0) is 14.6. The molecule has 0 spiro atoms. The summed E-state index contributed by atoms with van der Waals surface area (Å²) in [5.74, 6) is -0.930. The summed E-state index contributed by atoms with van der Waals surface area (Å²) in [6.07, 6.45) is 0. The third kappa shape index (κ3) is 3.65. The van der Waals surface area contributed by atoms with Gasteiger partial charge in [-0.1, -0.05) is 36.4 Å². The topological polar surface area (TPSA) is 57.9 Å². The van der Waals surface area contributed by atoms with Gasteiger partial charge in [-0.3, -0.25) is 0 Å². The van der Waals surface area contributed by atoms with Gasteiger partial charge in [0.25, 0.3) is 0 Å². The molecule has 3 nitrogen and oxygen atoms in total. The fourth-order valence-corrected chi connectivity index (χ4v) is 3.37. The van der Waals surface area contributed by atoms with Gasteiger partial charge in [0.15, 0.2) is 9.84 Å². The second-order valence-corrected chi connectivity index (χ2v) is 6.51. The summed E-state index contributed by atoms with van der Waals surface area (Å²) in [4.78, 5) is 0. The molecule has 102 valence electrons. The lowest BCUT2D eigenvalue weighted by molar-refractivity contribution is 0.594. The number of rotatable bonds is 4. The van der Waals surface area contributed by atoms with Gasteiger partial charge in [-0.25, -0.2) is 12.8 Å². The summed E-state index contributed by atoms with van der Waals surface area (Å²) in [5.41, 5.74) is 0.978. The Hall–Kier alpha value is -2.19. The molecule has 0 unspecified atom stereocenters. The van der Waals surface area contributed by atoms with E-state index in [9.17, 15) is 12.8 Å². The van der Waals surface area contributed by atoms with Gasteiger partial charge >= 0.3 is 0 Å². The Bertz CT molecular complexity index is 749. The highest BCUT2D eigenvalue weighted by Gasteiger charge is 2.14. The molecule has 0 saturated carbocycles. The van der Waals surface area contributed by atoms with E-state index < -0.39 is 15.7 Å². The molecule has 0 N–H and O–H groups in total. The molecule has 0 atom stereocenters. The Labute approximate surface area is 117 Å². The second kappa shape index (κ2) is 5.85. The van der Waals surface area contributed by atoms with E-state index in [1.807, 2.05) is 6.07 Å². The van der Waals surface area contributed by atoms with Crippen molar-refractivity contribution < 1.29 is 12.8 Å². The van der Waals surface area contributed by atoms with E-state index in [4.69, 9.17) is 5.26 Å². The van der Waals surface area contributed by atoms with E-state index in [-0.39, 0.29) is 17.1 Å². The first-order valence-electron chi connectivity index (χ1n) is 5.93. The van der Waals surface area contributed by atoms with Crippen molar-refractivity contribution in [2.24, 2.45) is 0 Å². The number of sulfone groups is 1. The lowest BCUT2D eigenvalue weighted by Gasteiger charge is -2.05. The molecule has 0 aliphatic heterocycles. The first kappa shape index (κ1) is 14.2. The van der Waals surface area contributed by atoms with Crippen molar-refractivity contribution in [3.8, 4) is 6.07 Å². The van der Waals surface area contributed by atoms with Crippen LogP contribution in [0.2, 0.25) is 0 Å². The molecular weight excluding hydrogens is 277 g/mol. The van der Waals surface area contributed by atoms with E-state index in [1.165, 1.54) is 12.1 Å². The standard InChI is InChI=1S/C15H12FNO2S/c16-15-7-6-13(8-14(15)9-17)11-20(18,19)10-12-4-2-1-3-5-12/h1-8H,10-11H2. The normalized spacial score (nSPS) is 11.0. The highest BCUT2D eigenvalue weighted by molar-refractivity contribution is 7.89. The number of halogens is 1. The van der Waals surface area contributed by atoms with Crippen molar-refractivity contribution in [3.05, 3.63) is 71.0 Å². The molecule has 2 rings (SSSR count). The number of nitriles is 1. The average molecular weight is 289 g/mol.